The predicted octanol–water partition coefficient (Wildman–Crippen LogP) is 0.856. The highest BCUT2D eigenvalue weighted by molar-refractivity contribution is 5.96. The van der Waals surface area contributed by atoms with Crippen molar-refractivity contribution >= 4 is 11.9 Å². The maximum Gasteiger partial charge on any atom is 0.329 e. The van der Waals surface area contributed by atoms with Gasteiger partial charge >= 0.3 is 5.97 Å². The van der Waals surface area contributed by atoms with Gasteiger partial charge in [-0.3, -0.25) is 9.48 Å². The molecule has 0 aromatic carbocycles. The molecule has 0 saturated heterocycles. The zero-order valence-corrected chi connectivity index (χ0v) is 10.6. The molecular weight excluding hydrogens is 234 g/mol. The van der Waals surface area contributed by atoms with Gasteiger partial charge in [-0.25, -0.2) is 4.79 Å². The van der Waals surface area contributed by atoms with Crippen LogP contribution < -0.4 is 5.32 Å². The number of amides is 1. The van der Waals surface area contributed by atoms with Gasteiger partial charge in [-0.15, -0.1) is 0 Å². The number of carboxylic acid groups (broad SMARTS) is 1. The van der Waals surface area contributed by atoms with Crippen LogP contribution in [0.3, 0.4) is 0 Å². The van der Waals surface area contributed by atoms with Crippen molar-refractivity contribution in [2.45, 2.75) is 38.1 Å². The van der Waals surface area contributed by atoms with Crippen molar-refractivity contribution in [1.29, 1.82) is 0 Å². The van der Waals surface area contributed by atoms with Crippen LogP contribution in [0.2, 0.25) is 0 Å². The molecule has 0 bridgehead atoms. The van der Waals surface area contributed by atoms with E-state index in [-0.39, 0.29) is 5.69 Å². The lowest BCUT2D eigenvalue weighted by atomic mass is 9.97. The largest absolute Gasteiger partial charge is 0.480 e. The van der Waals surface area contributed by atoms with Crippen LogP contribution in [0.15, 0.2) is 6.07 Å². The minimum absolute atomic E-state index is 0.266. The maximum atomic E-state index is 12.0. The number of hydrogen-bond donors (Lipinski definition) is 2. The van der Waals surface area contributed by atoms with Crippen LogP contribution in [0.5, 0.6) is 0 Å². The molecule has 0 radical (unpaired) electrons. The van der Waals surface area contributed by atoms with E-state index in [1.54, 1.807) is 17.8 Å². The topological polar surface area (TPSA) is 84.2 Å². The Hall–Kier alpha value is -1.85. The normalized spacial score (nSPS) is 17.7. The first-order valence-electron chi connectivity index (χ1n) is 6.01. The Morgan fingerprint density at radius 2 is 2.06 bits per heavy atom. The Morgan fingerprint density at radius 1 is 1.44 bits per heavy atom. The van der Waals surface area contributed by atoms with Gasteiger partial charge in [0.15, 0.2) is 0 Å². The second-order valence-corrected chi connectivity index (χ2v) is 4.84. The first-order chi connectivity index (χ1) is 8.44. The molecule has 18 heavy (non-hydrogen) atoms. The summed E-state index contributed by atoms with van der Waals surface area (Å²) >= 11 is 0. The average Bonchev–Trinajstić information content (AvgIpc) is 2.88. The average molecular weight is 251 g/mol. The van der Waals surface area contributed by atoms with Crippen molar-refractivity contribution in [3.8, 4) is 0 Å². The van der Waals surface area contributed by atoms with Crippen molar-refractivity contribution in [2.24, 2.45) is 7.05 Å². The van der Waals surface area contributed by atoms with Gasteiger partial charge in [-0.05, 0) is 25.8 Å². The SMILES string of the molecule is Cc1cc(C(=O)NC2(C(=O)O)CCCC2)nn1C. The molecule has 1 fully saturated rings. The highest BCUT2D eigenvalue weighted by atomic mass is 16.4. The number of carboxylic acids is 1. The zero-order valence-electron chi connectivity index (χ0n) is 10.6. The van der Waals surface area contributed by atoms with Crippen LogP contribution in [0.25, 0.3) is 0 Å². The van der Waals surface area contributed by atoms with Crippen LogP contribution in [0.4, 0.5) is 0 Å². The van der Waals surface area contributed by atoms with Crippen molar-refractivity contribution in [1.82, 2.24) is 15.1 Å². The van der Waals surface area contributed by atoms with E-state index in [1.165, 1.54) is 0 Å². The molecule has 1 heterocycles. The summed E-state index contributed by atoms with van der Waals surface area (Å²) in [5.41, 5.74) is 0.0150. The first kappa shape index (κ1) is 12.6. The Bertz CT molecular complexity index is 467. The molecule has 0 unspecified atom stereocenters. The van der Waals surface area contributed by atoms with Crippen molar-refractivity contribution in [2.75, 3.05) is 0 Å². The molecule has 2 N–H and O–H groups in total. The van der Waals surface area contributed by atoms with E-state index in [0.717, 1.165) is 18.5 Å². The third kappa shape index (κ3) is 2.10. The molecule has 6 nitrogen and oxygen atoms in total. The Kier molecular flexibility index (Phi) is 3.11. The Balaban J connectivity index is 2.17. The molecule has 0 spiro atoms. The molecule has 1 aliphatic carbocycles. The number of aromatic nitrogens is 2. The monoisotopic (exact) mass is 251 g/mol. The maximum absolute atomic E-state index is 12.0. The summed E-state index contributed by atoms with van der Waals surface area (Å²) < 4.78 is 1.59. The first-order valence-corrected chi connectivity index (χ1v) is 6.01. The van der Waals surface area contributed by atoms with Gasteiger partial charge in [0.1, 0.15) is 11.2 Å². The standard InChI is InChI=1S/C12H17N3O3/c1-8-7-9(14-15(8)2)10(16)13-12(11(17)18)5-3-4-6-12/h7H,3-6H2,1-2H3,(H,13,16)(H,17,18). The van der Waals surface area contributed by atoms with Crippen LogP contribution in [-0.4, -0.2) is 32.3 Å². The highest BCUT2D eigenvalue weighted by Gasteiger charge is 2.43. The number of carbonyl (C=O) groups excluding carboxylic acids is 1. The van der Waals surface area contributed by atoms with E-state index in [2.05, 4.69) is 10.4 Å². The number of carbonyl (C=O) groups is 2. The van der Waals surface area contributed by atoms with Crippen molar-refractivity contribution in [3.05, 3.63) is 17.5 Å². The van der Waals surface area contributed by atoms with Gasteiger partial charge in [0.05, 0.1) is 0 Å². The minimum atomic E-state index is -1.11. The molecule has 0 atom stereocenters. The van der Waals surface area contributed by atoms with Crippen LogP contribution in [-0.2, 0) is 11.8 Å². The number of nitrogens with one attached hydrogen (secondary N) is 1. The highest BCUT2D eigenvalue weighted by Crippen LogP contribution is 2.30. The van der Waals surface area contributed by atoms with Gasteiger partial charge in [0, 0.05) is 12.7 Å². The second-order valence-electron chi connectivity index (χ2n) is 4.84. The lowest BCUT2D eigenvalue weighted by molar-refractivity contribution is -0.144. The Morgan fingerprint density at radius 3 is 2.50 bits per heavy atom. The van der Waals surface area contributed by atoms with E-state index in [4.69, 9.17) is 0 Å². The van der Waals surface area contributed by atoms with Gasteiger partial charge < -0.3 is 10.4 Å². The number of aryl methyl sites for hydroxylation is 2. The molecule has 1 amide bonds. The number of aliphatic carboxylic acids is 1. The molecule has 1 saturated carbocycles. The van der Waals surface area contributed by atoms with Gasteiger partial charge in [-0.2, -0.15) is 5.10 Å². The number of rotatable bonds is 3. The lowest BCUT2D eigenvalue weighted by Gasteiger charge is -2.24. The smallest absolute Gasteiger partial charge is 0.329 e. The quantitative estimate of drug-likeness (QED) is 0.834. The van der Waals surface area contributed by atoms with Crippen LogP contribution >= 0.6 is 0 Å². The van der Waals surface area contributed by atoms with Crippen molar-refractivity contribution in [3.63, 3.8) is 0 Å². The summed E-state index contributed by atoms with van der Waals surface area (Å²) in [6, 6.07) is 1.65. The summed E-state index contributed by atoms with van der Waals surface area (Å²) in [5.74, 6) is -1.37. The van der Waals surface area contributed by atoms with E-state index < -0.39 is 17.4 Å². The summed E-state index contributed by atoms with van der Waals surface area (Å²) in [7, 11) is 1.74. The number of hydrogen-bond acceptors (Lipinski definition) is 3. The summed E-state index contributed by atoms with van der Waals surface area (Å²) in [4.78, 5) is 23.3. The van der Waals surface area contributed by atoms with E-state index in [1.807, 2.05) is 6.92 Å². The third-order valence-corrected chi connectivity index (χ3v) is 3.57. The zero-order chi connectivity index (χ0) is 13.3. The fourth-order valence-corrected chi connectivity index (χ4v) is 2.32. The lowest BCUT2D eigenvalue weighted by Crippen LogP contribution is -2.52. The summed E-state index contributed by atoms with van der Waals surface area (Å²) in [6.45, 7) is 1.84. The van der Waals surface area contributed by atoms with Crippen LogP contribution in [0, 0.1) is 6.92 Å². The second kappa shape index (κ2) is 4.44. The molecule has 98 valence electrons. The summed E-state index contributed by atoms with van der Waals surface area (Å²) in [6.07, 6.45) is 2.63. The van der Waals surface area contributed by atoms with E-state index in [0.29, 0.717) is 12.8 Å². The molecule has 2 rings (SSSR count). The molecular formula is C12H17N3O3. The molecule has 6 heteroatoms. The molecule has 1 aromatic heterocycles. The van der Waals surface area contributed by atoms with E-state index >= 15 is 0 Å². The van der Waals surface area contributed by atoms with Gasteiger partial charge in [-0.1, -0.05) is 12.8 Å². The molecule has 0 aliphatic heterocycles. The number of nitrogens with zero attached hydrogens (tertiary/aromatic N) is 2. The third-order valence-electron chi connectivity index (χ3n) is 3.57. The molecule has 1 aromatic rings. The van der Waals surface area contributed by atoms with Gasteiger partial charge in [0.2, 0.25) is 0 Å². The van der Waals surface area contributed by atoms with Crippen molar-refractivity contribution < 1.29 is 14.7 Å². The fraction of sp³-hybridized carbons (Fsp3) is 0.583. The molecule has 1 aliphatic rings. The summed E-state index contributed by atoms with van der Waals surface area (Å²) in [5, 5.41) is 16.0. The van der Waals surface area contributed by atoms with E-state index in [9.17, 15) is 14.7 Å². The Labute approximate surface area is 105 Å². The fourth-order valence-electron chi connectivity index (χ4n) is 2.32. The van der Waals surface area contributed by atoms with Crippen LogP contribution in [0.1, 0.15) is 41.9 Å². The predicted molar refractivity (Wildman–Crippen MR) is 64.2 cm³/mol. The minimum Gasteiger partial charge on any atom is -0.480 e. The van der Waals surface area contributed by atoms with Gasteiger partial charge in [0.25, 0.3) is 5.91 Å².